The Labute approximate surface area is 185 Å². The third-order valence-electron chi connectivity index (χ3n) is 5.54. The van der Waals surface area contributed by atoms with Crippen LogP contribution < -0.4 is 4.90 Å². The van der Waals surface area contributed by atoms with Crippen LogP contribution >= 0.6 is 12.4 Å². The second kappa shape index (κ2) is 9.78. The Balaban J connectivity index is 0.00000272. The zero-order valence-corrected chi connectivity index (χ0v) is 18.0. The van der Waals surface area contributed by atoms with Crippen molar-refractivity contribution in [1.82, 2.24) is 19.9 Å². The fraction of sp³-hybridized carbons (Fsp3) is 0.409. The summed E-state index contributed by atoms with van der Waals surface area (Å²) in [5, 5.41) is 0.664. The Morgan fingerprint density at radius 3 is 2.55 bits per heavy atom. The number of anilines is 1. The number of rotatable bonds is 5. The van der Waals surface area contributed by atoms with Crippen molar-refractivity contribution in [3.63, 3.8) is 0 Å². The van der Waals surface area contributed by atoms with Crippen LogP contribution in [0.4, 0.5) is 19.0 Å². The lowest BCUT2D eigenvalue weighted by Gasteiger charge is -2.35. The number of fused-ring (bicyclic) bond motifs is 1. The maximum atomic E-state index is 13.0. The number of aromatic nitrogens is 3. The molecule has 0 atom stereocenters. The van der Waals surface area contributed by atoms with Crippen LogP contribution in [0.5, 0.6) is 0 Å². The van der Waals surface area contributed by atoms with Gasteiger partial charge in [0.15, 0.2) is 0 Å². The lowest BCUT2D eigenvalue weighted by molar-refractivity contribution is -0.140. The molecule has 0 bridgehead atoms. The van der Waals surface area contributed by atoms with Gasteiger partial charge in [-0.25, -0.2) is 9.97 Å². The smallest absolute Gasteiger partial charge is 0.356 e. The minimum absolute atomic E-state index is 0. The molecule has 5 nitrogen and oxygen atoms in total. The highest BCUT2D eigenvalue weighted by Gasteiger charge is 2.33. The molecule has 1 fully saturated rings. The monoisotopic (exact) mass is 451 g/mol. The molecular weight excluding hydrogens is 427 g/mol. The Kier molecular flexibility index (Phi) is 7.33. The van der Waals surface area contributed by atoms with Gasteiger partial charge in [-0.1, -0.05) is 6.07 Å². The van der Waals surface area contributed by atoms with Crippen molar-refractivity contribution >= 4 is 29.1 Å². The molecule has 0 aliphatic carbocycles. The highest BCUT2D eigenvalue weighted by Crippen LogP contribution is 2.32. The van der Waals surface area contributed by atoms with E-state index < -0.39 is 11.9 Å². The summed E-state index contributed by atoms with van der Waals surface area (Å²) in [5.74, 6) is 1.30. The van der Waals surface area contributed by atoms with E-state index in [-0.39, 0.29) is 12.4 Å². The lowest BCUT2D eigenvalue weighted by atomic mass is 9.96. The summed E-state index contributed by atoms with van der Waals surface area (Å²) in [5.41, 5.74) is 0.652. The van der Waals surface area contributed by atoms with E-state index >= 15 is 0 Å². The quantitative estimate of drug-likeness (QED) is 0.557. The molecule has 3 aromatic heterocycles. The van der Waals surface area contributed by atoms with Crippen molar-refractivity contribution in [2.24, 2.45) is 5.92 Å². The van der Waals surface area contributed by atoms with Crippen molar-refractivity contribution in [3.8, 4) is 0 Å². The number of piperidine rings is 1. The Morgan fingerprint density at radius 1 is 1.10 bits per heavy atom. The third-order valence-corrected chi connectivity index (χ3v) is 5.54. The average Bonchev–Trinajstić information content (AvgIpc) is 2.73. The fourth-order valence-corrected chi connectivity index (χ4v) is 4.08. The van der Waals surface area contributed by atoms with Crippen molar-refractivity contribution < 1.29 is 13.2 Å². The summed E-state index contributed by atoms with van der Waals surface area (Å²) in [6, 6.07) is 8.09. The topological polar surface area (TPSA) is 45.2 Å². The molecule has 0 N–H and O–H groups in total. The lowest BCUT2D eigenvalue weighted by Crippen LogP contribution is -2.38. The standard InChI is InChI=1S/C22H24F3N5.ClH/c1-29(15-17-3-2-9-26-13-17)14-16-7-11-30(12-8-16)21-18-4-5-20(22(23,24)25)28-19(18)6-10-27-21;/h2-6,9-10,13,16H,7-8,11-12,14-15H2,1H3;1H. The van der Waals surface area contributed by atoms with Crippen LogP contribution in [0, 0.1) is 5.92 Å². The molecule has 1 saturated heterocycles. The van der Waals surface area contributed by atoms with Gasteiger partial charge in [-0.15, -0.1) is 12.4 Å². The van der Waals surface area contributed by atoms with Crippen LogP contribution in [-0.4, -0.2) is 46.5 Å². The van der Waals surface area contributed by atoms with Gasteiger partial charge >= 0.3 is 6.18 Å². The maximum Gasteiger partial charge on any atom is 0.433 e. The number of nitrogens with zero attached hydrogens (tertiary/aromatic N) is 5. The van der Waals surface area contributed by atoms with E-state index in [9.17, 15) is 13.2 Å². The number of hydrogen-bond donors (Lipinski definition) is 0. The van der Waals surface area contributed by atoms with Gasteiger partial charge in [-0.05, 0) is 55.6 Å². The molecule has 3 aromatic rings. The van der Waals surface area contributed by atoms with Crippen molar-refractivity contribution in [2.75, 3.05) is 31.6 Å². The van der Waals surface area contributed by atoms with Crippen LogP contribution in [0.2, 0.25) is 0 Å². The second-order valence-corrected chi connectivity index (χ2v) is 7.88. The molecule has 4 heterocycles. The molecular formula is C22H25ClF3N5. The molecule has 0 unspecified atom stereocenters. The predicted molar refractivity (Wildman–Crippen MR) is 117 cm³/mol. The first-order chi connectivity index (χ1) is 14.4. The zero-order valence-electron chi connectivity index (χ0n) is 17.2. The first-order valence-corrected chi connectivity index (χ1v) is 10.1. The minimum Gasteiger partial charge on any atom is -0.356 e. The molecule has 9 heteroatoms. The van der Waals surface area contributed by atoms with Crippen LogP contribution in [0.3, 0.4) is 0 Å². The number of pyridine rings is 3. The van der Waals surface area contributed by atoms with Gasteiger partial charge in [0, 0.05) is 50.2 Å². The molecule has 0 amide bonds. The van der Waals surface area contributed by atoms with Crippen LogP contribution in [0.25, 0.3) is 10.9 Å². The molecule has 1 aliphatic rings. The van der Waals surface area contributed by atoms with Gasteiger partial charge in [0.05, 0.1) is 5.52 Å². The zero-order chi connectivity index (χ0) is 21.1. The van der Waals surface area contributed by atoms with Crippen molar-refractivity contribution in [1.29, 1.82) is 0 Å². The van der Waals surface area contributed by atoms with Crippen LogP contribution in [0.1, 0.15) is 24.1 Å². The summed E-state index contributed by atoms with van der Waals surface area (Å²) in [4.78, 5) is 16.9. The molecule has 1 aliphatic heterocycles. The molecule has 0 spiro atoms. The fourth-order valence-electron chi connectivity index (χ4n) is 4.08. The summed E-state index contributed by atoms with van der Waals surface area (Å²) in [6.07, 6.45) is 2.80. The molecule has 0 radical (unpaired) electrons. The highest BCUT2D eigenvalue weighted by atomic mass is 35.5. The van der Waals surface area contributed by atoms with E-state index in [2.05, 4.69) is 37.9 Å². The SMILES string of the molecule is CN(Cc1cccnc1)CC1CCN(c2nccc3nc(C(F)(F)F)ccc23)CC1.Cl. The van der Waals surface area contributed by atoms with Gasteiger partial charge in [0.2, 0.25) is 0 Å². The number of hydrogen-bond acceptors (Lipinski definition) is 5. The Hall–Kier alpha value is -2.45. The van der Waals surface area contributed by atoms with Gasteiger partial charge in [-0.3, -0.25) is 4.98 Å². The number of halogens is 4. The van der Waals surface area contributed by atoms with Gasteiger partial charge in [-0.2, -0.15) is 13.2 Å². The van der Waals surface area contributed by atoms with Gasteiger partial charge in [0.25, 0.3) is 0 Å². The van der Waals surface area contributed by atoms with Crippen LogP contribution in [-0.2, 0) is 12.7 Å². The van der Waals surface area contributed by atoms with Crippen LogP contribution in [0.15, 0.2) is 48.9 Å². The summed E-state index contributed by atoms with van der Waals surface area (Å²) < 4.78 is 38.9. The van der Waals surface area contributed by atoms with E-state index in [0.717, 1.165) is 50.9 Å². The maximum absolute atomic E-state index is 13.0. The predicted octanol–water partition coefficient (Wildman–Crippen LogP) is 4.81. The average molecular weight is 452 g/mol. The molecule has 0 aromatic carbocycles. The highest BCUT2D eigenvalue weighted by molar-refractivity contribution is 5.89. The molecule has 166 valence electrons. The molecule has 31 heavy (non-hydrogen) atoms. The number of alkyl halides is 3. The Bertz CT molecular complexity index is 991. The van der Waals surface area contributed by atoms with E-state index in [4.69, 9.17) is 0 Å². The first kappa shape index (κ1) is 23.2. The Morgan fingerprint density at radius 2 is 1.87 bits per heavy atom. The van der Waals surface area contributed by atoms with E-state index in [1.54, 1.807) is 12.4 Å². The summed E-state index contributed by atoms with van der Waals surface area (Å²) in [6.45, 7) is 3.53. The minimum atomic E-state index is -4.45. The molecule has 4 rings (SSSR count). The normalized spacial score (nSPS) is 15.3. The largest absolute Gasteiger partial charge is 0.433 e. The molecule has 0 saturated carbocycles. The summed E-state index contributed by atoms with van der Waals surface area (Å²) >= 11 is 0. The van der Waals surface area contributed by atoms with E-state index in [1.807, 2.05) is 12.3 Å². The first-order valence-electron chi connectivity index (χ1n) is 10.1. The van der Waals surface area contributed by atoms with Crippen molar-refractivity contribution in [2.45, 2.75) is 25.6 Å². The summed E-state index contributed by atoms with van der Waals surface area (Å²) in [7, 11) is 2.12. The van der Waals surface area contributed by atoms with E-state index in [1.165, 1.54) is 17.7 Å². The van der Waals surface area contributed by atoms with Gasteiger partial charge < -0.3 is 9.80 Å². The van der Waals surface area contributed by atoms with E-state index in [0.29, 0.717) is 16.8 Å². The van der Waals surface area contributed by atoms with Crippen molar-refractivity contribution in [3.05, 3.63) is 60.2 Å². The third kappa shape index (κ3) is 5.62. The second-order valence-electron chi connectivity index (χ2n) is 7.88. The van der Waals surface area contributed by atoms with Gasteiger partial charge in [0.1, 0.15) is 11.5 Å².